The number of methoxy groups -OCH3 is 1. The van der Waals surface area contributed by atoms with Crippen molar-refractivity contribution in [3.63, 3.8) is 0 Å². The summed E-state index contributed by atoms with van der Waals surface area (Å²) < 4.78 is 17.6. The molecule has 0 aliphatic carbocycles. The summed E-state index contributed by atoms with van der Waals surface area (Å²) in [7, 11) is 3.47. The Bertz CT molecular complexity index is 758. The number of rotatable bonds is 4. The van der Waals surface area contributed by atoms with Gasteiger partial charge in [-0.3, -0.25) is 0 Å². The molecule has 2 aromatic rings. The first-order valence-corrected chi connectivity index (χ1v) is 8.26. The van der Waals surface area contributed by atoms with Gasteiger partial charge in [0.1, 0.15) is 17.5 Å². The van der Waals surface area contributed by atoms with Crippen LogP contribution in [0, 0.1) is 0 Å². The minimum absolute atomic E-state index is 0.391. The van der Waals surface area contributed by atoms with Crippen LogP contribution in [0.3, 0.4) is 0 Å². The fourth-order valence-electron chi connectivity index (χ4n) is 3.10. The molecule has 5 nitrogen and oxygen atoms in total. The molecule has 0 bridgehead atoms. The standard InChI is InChI=1S/C20H23NO4/c1-20(2)18(24-19(22)13-8-6-5-7-9-13)17(23-4)15-12-14(21-3)10-11-16(15)25-20/h5-12,17-18,21H,1-4H3. The summed E-state index contributed by atoms with van der Waals surface area (Å²) in [5.41, 5.74) is 1.58. The zero-order valence-corrected chi connectivity index (χ0v) is 14.9. The predicted molar refractivity (Wildman–Crippen MR) is 96.1 cm³/mol. The Morgan fingerprint density at radius 1 is 1.16 bits per heavy atom. The van der Waals surface area contributed by atoms with E-state index < -0.39 is 23.8 Å². The van der Waals surface area contributed by atoms with Crippen LogP contribution in [0.4, 0.5) is 5.69 Å². The molecule has 25 heavy (non-hydrogen) atoms. The molecule has 2 unspecified atom stereocenters. The number of fused-ring (bicyclic) bond motifs is 1. The highest BCUT2D eigenvalue weighted by atomic mass is 16.6. The van der Waals surface area contributed by atoms with Crippen molar-refractivity contribution in [2.45, 2.75) is 31.7 Å². The zero-order valence-electron chi connectivity index (χ0n) is 14.9. The van der Waals surface area contributed by atoms with E-state index in [1.54, 1.807) is 31.4 Å². The summed E-state index contributed by atoms with van der Waals surface area (Å²) in [4.78, 5) is 12.6. The van der Waals surface area contributed by atoms with Gasteiger partial charge in [0.2, 0.25) is 0 Å². The molecule has 0 saturated heterocycles. The third-order valence-electron chi connectivity index (χ3n) is 4.44. The monoisotopic (exact) mass is 341 g/mol. The Morgan fingerprint density at radius 3 is 2.52 bits per heavy atom. The summed E-state index contributed by atoms with van der Waals surface area (Å²) in [5.74, 6) is 0.348. The molecule has 0 saturated carbocycles. The van der Waals surface area contributed by atoms with E-state index in [-0.39, 0.29) is 0 Å². The molecule has 0 aromatic heterocycles. The van der Waals surface area contributed by atoms with Crippen molar-refractivity contribution < 1.29 is 19.0 Å². The molecule has 132 valence electrons. The van der Waals surface area contributed by atoms with E-state index in [0.29, 0.717) is 5.56 Å². The van der Waals surface area contributed by atoms with Gasteiger partial charge in [0.05, 0.1) is 5.56 Å². The lowest BCUT2D eigenvalue weighted by Gasteiger charge is -2.43. The van der Waals surface area contributed by atoms with E-state index in [0.717, 1.165) is 17.0 Å². The average molecular weight is 341 g/mol. The van der Waals surface area contributed by atoms with Gasteiger partial charge in [-0.05, 0) is 44.2 Å². The molecular formula is C20H23NO4. The number of anilines is 1. The minimum Gasteiger partial charge on any atom is -0.483 e. The maximum Gasteiger partial charge on any atom is 0.338 e. The smallest absolute Gasteiger partial charge is 0.338 e. The SMILES string of the molecule is CNc1ccc2c(c1)C(OC)C(OC(=O)c1ccccc1)C(C)(C)O2. The molecule has 0 amide bonds. The molecule has 0 radical (unpaired) electrons. The molecule has 1 N–H and O–H groups in total. The Labute approximate surface area is 147 Å². The molecular weight excluding hydrogens is 318 g/mol. The normalized spacial score (nSPS) is 21.0. The molecule has 5 heteroatoms. The quantitative estimate of drug-likeness (QED) is 0.857. The van der Waals surface area contributed by atoms with Gasteiger partial charge in [-0.1, -0.05) is 18.2 Å². The predicted octanol–water partition coefficient (Wildman–Crippen LogP) is 3.81. The summed E-state index contributed by atoms with van der Waals surface area (Å²) in [6.07, 6.45) is -0.996. The molecule has 2 aromatic carbocycles. The second-order valence-corrected chi connectivity index (χ2v) is 6.56. The maximum absolute atomic E-state index is 12.6. The molecule has 1 heterocycles. The number of carbonyl (C=O) groups is 1. The highest BCUT2D eigenvalue weighted by molar-refractivity contribution is 5.89. The molecule has 0 spiro atoms. The van der Waals surface area contributed by atoms with Crippen LogP contribution in [0.25, 0.3) is 0 Å². The number of esters is 1. The van der Waals surface area contributed by atoms with Crippen LogP contribution in [0.15, 0.2) is 48.5 Å². The zero-order chi connectivity index (χ0) is 18.0. The Hall–Kier alpha value is -2.53. The fraction of sp³-hybridized carbons (Fsp3) is 0.350. The van der Waals surface area contributed by atoms with Crippen LogP contribution in [-0.4, -0.2) is 31.8 Å². The largest absolute Gasteiger partial charge is 0.483 e. The van der Waals surface area contributed by atoms with E-state index in [9.17, 15) is 4.79 Å². The highest BCUT2D eigenvalue weighted by Gasteiger charge is 2.47. The van der Waals surface area contributed by atoms with Crippen LogP contribution < -0.4 is 10.1 Å². The van der Waals surface area contributed by atoms with E-state index in [1.165, 1.54) is 0 Å². The van der Waals surface area contributed by atoms with Crippen LogP contribution in [0.5, 0.6) is 5.75 Å². The van der Waals surface area contributed by atoms with Crippen molar-refractivity contribution in [3.8, 4) is 5.75 Å². The topological polar surface area (TPSA) is 56.8 Å². The Kier molecular flexibility index (Phi) is 4.68. The van der Waals surface area contributed by atoms with Gasteiger partial charge in [-0.25, -0.2) is 4.79 Å². The van der Waals surface area contributed by atoms with Gasteiger partial charge >= 0.3 is 5.97 Å². The number of ether oxygens (including phenoxy) is 3. The molecule has 1 aliphatic heterocycles. The van der Waals surface area contributed by atoms with Crippen molar-refractivity contribution in [1.29, 1.82) is 0 Å². The lowest BCUT2D eigenvalue weighted by Crippen LogP contribution is -2.51. The van der Waals surface area contributed by atoms with Crippen molar-refractivity contribution in [1.82, 2.24) is 0 Å². The van der Waals surface area contributed by atoms with Crippen LogP contribution in [-0.2, 0) is 9.47 Å². The van der Waals surface area contributed by atoms with Gasteiger partial charge in [0, 0.05) is 25.4 Å². The van der Waals surface area contributed by atoms with Crippen LogP contribution >= 0.6 is 0 Å². The molecule has 1 aliphatic rings. The van der Waals surface area contributed by atoms with Crippen molar-refractivity contribution >= 4 is 11.7 Å². The Morgan fingerprint density at radius 2 is 1.88 bits per heavy atom. The Balaban J connectivity index is 1.95. The lowest BCUT2D eigenvalue weighted by atomic mass is 9.88. The lowest BCUT2D eigenvalue weighted by molar-refractivity contribution is -0.129. The first kappa shape index (κ1) is 17.3. The molecule has 0 fully saturated rings. The van der Waals surface area contributed by atoms with Crippen LogP contribution in [0.2, 0.25) is 0 Å². The van der Waals surface area contributed by atoms with E-state index in [1.807, 2.05) is 45.2 Å². The summed E-state index contributed by atoms with van der Waals surface area (Å²) in [6, 6.07) is 14.7. The second kappa shape index (κ2) is 6.76. The van der Waals surface area contributed by atoms with Gasteiger partial charge < -0.3 is 19.5 Å². The van der Waals surface area contributed by atoms with Gasteiger partial charge in [-0.2, -0.15) is 0 Å². The third-order valence-corrected chi connectivity index (χ3v) is 4.44. The maximum atomic E-state index is 12.6. The number of hydrogen-bond donors (Lipinski definition) is 1. The number of carbonyl (C=O) groups excluding carboxylic acids is 1. The molecule has 2 atom stereocenters. The van der Waals surface area contributed by atoms with Crippen molar-refractivity contribution in [2.24, 2.45) is 0 Å². The van der Waals surface area contributed by atoms with Crippen molar-refractivity contribution in [3.05, 3.63) is 59.7 Å². The number of nitrogens with one attached hydrogen (secondary N) is 1. The highest BCUT2D eigenvalue weighted by Crippen LogP contribution is 2.44. The molecule has 3 rings (SSSR count). The number of benzene rings is 2. The number of hydrogen-bond acceptors (Lipinski definition) is 5. The summed E-state index contributed by atoms with van der Waals surface area (Å²) in [6.45, 7) is 3.80. The van der Waals surface area contributed by atoms with E-state index in [2.05, 4.69) is 5.32 Å². The van der Waals surface area contributed by atoms with E-state index >= 15 is 0 Å². The van der Waals surface area contributed by atoms with Gasteiger partial charge in [0.25, 0.3) is 0 Å². The first-order chi connectivity index (χ1) is 12.0. The average Bonchev–Trinajstić information content (AvgIpc) is 2.62. The second-order valence-electron chi connectivity index (χ2n) is 6.56. The van der Waals surface area contributed by atoms with E-state index in [4.69, 9.17) is 14.2 Å². The fourth-order valence-corrected chi connectivity index (χ4v) is 3.10. The van der Waals surface area contributed by atoms with Crippen LogP contribution in [0.1, 0.15) is 35.9 Å². The third kappa shape index (κ3) is 3.33. The summed E-state index contributed by atoms with van der Waals surface area (Å²) >= 11 is 0. The minimum atomic E-state index is -0.723. The van der Waals surface area contributed by atoms with Gasteiger partial charge in [0.15, 0.2) is 6.10 Å². The van der Waals surface area contributed by atoms with Gasteiger partial charge in [-0.15, -0.1) is 0 Å². The van der Waals surface area contributed by atoms with Crippen molar-refractivity contribution in [2.75, 3.05) is 19.5 Å². The summed E-state index contributed by atoms with van der Waals surface area (Å²) in [5, 5.41) is 3.11. The first-order valence-electron chi connectivity index (χ1n) is 8.26.